The highest BCUT2D eigenvalue weighted by Crippen LogP contribution is 2.44. The molecule has 0 spiro atoms. The summed E-state index contributed by atoms with van der Waals surface area (Å²) in [4.78, 5) is 32.6. The number of aromatic amines is 1. The van der Waals surface area contributed by atoms with Crippen LogP contribution in [0.5, 0.6) is 17.2 Å². The number of rotatable bonds is 13. The van der Waals surface area contributed by atoms with Gasteiger partial charge in [0, 0.05) is 78.1 Å². The average Bonchev–Trinajstić information content (AvgIpc) is 3.68. The maximum atomic E-state index is 13.9. The van der Waals surface area contributed by atoms with Crippen LogP contribution >= 0.6 is 11.6 Å². The van der Waals surface area contributed by atoms with Crippen LogP contribution in [-0.4, -0.2) is 81.7 Å². The third kappa shape index (κ3) is 9.16. The number of fused-ring (bicyclic) bond motifs is 1. The molecule has 0 saturated carbocycles. The highest BCUT2D eigenvalue weighted by molar-refractivity contribution is 7.90. The molecule has 0 unspecified atom stereocenters. The minimum atomic E-state index is -4.57. The zero-order chi connectivity index (χ0) is 42.2. The summed E-state index contributed by atoms with van der Waals surface area (Å²) in [5.74, 6) is -0.425. The summed E-state index contributed by atoms with van der Waals surface area (Å²) < 4.78 is 46.6. The molecule has 2 aliphatic heterocycles. The van der Waals surface area contributed by atoms with Crippen LogP contribution in [0, 0.1) is 20.9 Å². The van der Waals surface area contributed by atoms with E-state index in [-0.39, 0.29) is 34.5 Å². The molecule has 13 nitrogen and oxygen atoms in total. The third-order valence-corrected chi connectivity index (χ3v) is 13.2. The third-order valence-electron chi connectivity index (χ3n) is 11.6. The molecule has 2 saturated heterocycles. The Hall–Kier alpha value is -5.41. The van der Waals surface area contributed by atoms with Crippen molar-refractivity contribution in [1.82, 2.24) is 14.6 Å². The Balaban J connectivity index is 1.01. The van der Waals surface area contributed by atoms with Crippen LogP contribution in [0.2, 0.25) is 5.02 Å². The molecule has 1 amide bonds. The molecule has 60 heavy (non-hydrogen) atoms. The summed E-state index contributed by atoms with van der Waals surface area (Å²) in [6.45, 7) is 11.7. The maximum Gasteiger partial charge on any atom is 0.312 e. The van der Waals surface area contributed by atoms with Crippen molar-refractivity contribution in [3.8, 4) is 17.2 Å². The second-order valence-corrected chi connectivity index (χ2v) is 19.2. The van der Waals surface area contributed by atoms with Gasteiger partial charge < -0.3 is 24.1 Å². The van der Waals surface area contributed by atoms with Gasteiger partial charge in [0.15, 0.2) is 5.75 Å². The van der Waals surface area contributed by atoms with Gasteiger partial charge in [-0.3, -0.25) is 19.8 Å². The molecule has 4 aromatic carbocycles. The van der Waals surface area contributed by atoms with E-state index in [4.69, 9.17) is 25.8 Å². The number of halogens is 1. The summed E-state index contributed by atoms with van der Waals surface area (Å²) >= 11 is 6.24. The number of piperazine rings is 1. The van der Waals surface area contributed by atoms with Crippen LogP contribution in [0.1, 0.15) is 56.0 Å². The lowest BCUT2D eigenvalue weighted by atomic mass is 9.72. The van der Waals surface area contributed by atoms with Gasteiger partial charge in [0.2, 0.25) is 0 Å². The van der Waals surface area contributed by atoms with Gasteiger partial charge in [-0.2, -0.15) is 0 Å². The number of nitro groups is 1. The second kappa shape index (κ2) is 16.6. The molecule has 2 fully saturated rings. The largest absolute Gasteiger partial charge is 0.486 e. The molecular formula is C45H48ClN5O8S. The number of ether oxygens (including phenoxy) is 3. The Morgan fingerprint density at radius 3 is 2.43 bits per heavy atom. The van der Waals surface area contributed by atoms with E-state index in [2.05, 4.69) is 45.5 Å². The van der Waals surface area contributed by atoms with Crippen LogP contribution < -0.4 is 19.1 Å². The quantitative estimate of drug-likeness (QED) is 0.0867. The van der Waals surface area contributed by atoms with Crippen LogP contribution in [-0.2, 0) is 14.8 Å². The predicted octanol–water partition coefficient (Wildman–Crippen LogP) is 8.84. The Bertz CT molecular complexity index is 2580. The molecule has 15 heteroatoms. The van der Waals surface area contributed by atoms with Crippen molar-refractivity contribution in [3.63, 3.8) is 0 Å². The standard InChI is InChI=1S/C45H48ClN5O8S/c1-44(2)16-14-32(38(25-44)30-4-6-33(46)7-5-30)26-49-18-20-50(21-19-49)34-8-11-37(42(23-34)59-35-9-12-39-31(22-35)15-17-47-39)43(52)48-60(55,56)36-10-13-41(40(24-36)51(53)54)58-29-45(3)27-57-28-45/h4-13,15,17,22-24,47H,14,16,18-21,25-29H2,1-3H3,(H,48,52). The number of nitrogens with one attached hydrogen (secondary N) is 2. The number of nitrogens with zero attached hydrogens (tertiary/aromatic N) is 3. The fourth-order valence-electron chi connectivity index (χ4n) is 8.05. The Labute approximate surface area is 354 Å². The summed E-state index contributed by atoms with van der Waals surface area (Å²) in [5.41, 5.74) is 5.21. The highest BCUT2D eigenvalue weighted by Gasteiger charge is 2.36. The van der Waals surface area contributed by atoms with Gasteiger partial charge in [-0.15, -0.1) is 0 Å². The van der Waals surface area contributed by atoms with Crippen LogP contribution in [0.3, 0.4) is 0 Å². The monoisotopic (exact) mass is 853 g/mol. The van der Waals surface area contributed by atoms with E-state index in [0.717, 1.165) is 79.7 Å². The van der Waals surface area contributed by atoms with E-state index in [9.17, 15) is 23.3 Å². The van der Waals surface area contributed by atoms with Crippen LogP contribution in [0.25, 0.3) is 16.5 Å². The van der Waals surface area contributed by atoms with Crippen molar-refractivity contribution in [2.75, 3.05) is 57.4 Å². The number of benzene rings is 4. The molecule has 0 bridgehead atoms. The Kier molecular flexibility index (Phi) is 11.4. The number of H-pyrrole nitrogens is 1. The highest BCUT2D eigenvalue weighted by atomic mass is 35.5. The molecule has 1 aliphatic carbocycles. The normalized spacial score (nSPS) is 17.9. The smallest absolute Gasteiger partial charge is 0.312 e. The van der Waals surface area contributed by atoms with Crippen molar-refractivity contribution in [2.45, 2.75) is 44.9 Å². The van der Waals surface area contributed by atoms with Crippen LogP contribution in [0.15, 0.2) is 102 Å². The van der Waals surface area contributed by atoms with Gasteiger partial charge in [-0.05, 0) is 96.5 Å². The second-order valence-electron chi connectivity index (χ2n) is 17.1. The summed E-state index contributed by atoms with van der Waals surface area (Å²) in [5, 5.41) is 13.6. The number of hydrogen-bond donors (Lipinski definition) is 2. The molecule has 8 rings (SSSR count). The predicted molar refractivity (Wildman–Crippen MR) is 232 cm³/mol. The summed E-state index contributed by atoms with van der Waals surface area (Å²) in [6, 6.07) is 23.9. The lowest BCUT2D eigenvalue weighted by Crippen LogP contribution is -2.47. The number of nitro benzene ring substituents is 1. The van der Waals surface area contributed by atoms with Gasteiger partial charge in [0.1, 0.15) is 11.5 Å². The van der Waals surface area contributed by atoms with E-state index in [1.54, 1.807) is 24.3 Å². The van der Waals surface area contributed by atoms with Crippen molar-refractivity contribution in [2.24, 2.45) is 10.8 Å². The number of hydrogen-bond acceptors (Lipinski definition) is 10. The number of carbonyl (C=O) groups is 1. The van der Waals surface area contributed by atoms with Crippen molar-refractivity contribution >= 4 is 55.4 Å². The Morgan fingerprint density at radius 2 is 1.72 bits per heavy atom. The minimum absolute atomic E-state index is 0.0255. The topological polar surface area (TPSA) is 156 Å². The first-order valence-corrected chi connectivity index (χ1v) is 21.9. The number of carbonyl (C=O) groups excluding carboxylic acids is 1. The van der Waals surface area contributed by atoms with E-state index in [1.807, 2.05) is 43.5 Å². The molecule has 314 valence electrons. The lowest BCUT2D eigenvalue weighted by Gasteiger charge is -2.39. The maximum absolute atomic E-state index is 13.9. The van der Waals surface area contributed by atoms with Crippen molar-refractivity contribution < 1.29 is 32.3 Å². The average molecular weight is 854 g/mol. The number of aromatic nitrogens is 1. The molecule has 0 radical (unpaired) electrons. The van der Waals surface area contributed by atoms with Gasteiger partial charge in [-0.25, -0.2) is 13.1 Å². The number of amides is 1. The molecule has 3 heterocycles. The van der Waals surface area contributed by atoms with Gasteiger partial charge in [-0.1, -0.05) is 50.1 Å². The molecule has 1 aromatic heterocycles. The molecule has 5 aromatic rings. The van der Waals surface area contributed by atoms with E-state index in [1.165, 1.54) is 28.8 Å². The fourth-order valence-corrected chi connectivity index (χ4v) is 9.16. The number of sulfonamides is 1. The fraction of sp³-hybridized carbons (Fsp3) is 0.356. The zero-order valence-electron chi connectivity index (χ0n) is 33.8. The van der Waals surface area contributed by atoms with Gasteiger partial charge in [0.25, 0.3) is 15.9 Å². The lowest BCUT2D eigenvalue weighted by molar-refractivity contribution is -0.386. The van der Waals surface area contributed by atoms with Gasteiger partial charge >= 0.3 is 5.69 Å². The van der Waals surface area contributed by atoms with E-state index in [0.29, 0.717) is 19.0 Å². The van der Waals surface area contributed by atoms with Crippen molar-refractivity contribution in [1.29, 1.82) is 0 Å². The van der Waals surface area contributed by atoms with E-state index < -0.39 is 31.4 Å². The molecule has 0 atom stereocenters. The number of allylic oxidation sites excluding steroid dienone is 1. The number of anilines is 1. The first-order valence-electron chi connectivity index (χ1n) is 20.0. The van der Waals surface area contributed by atoms with E-state index >= 15 is 0 Å². The molecule has 3 aliphatic rings. The van der Waals surface area contributed by atoms with Crippen molar-refractivity contribution in [3.05, 3.63) is 123 Å². The Morgan fingerprint density at radius 1 is 0.950 bits per heavy atom. The SMILES string of the molecule is CC1(C)CCC(CN2CCN(c3ccc(C(=O)NS(=O)(=O)c4ccc(OCC5(C)COC5)c([N+](=O)[O-])c4)c(Oc4ccc5[nH]ccc5c4)c3)CC2)=C(c2ccc(Cl)cc2)C1. The first kappa shape index (κ1) is 41.3. The summed E-state index contributed by atoms with van der Waals surface area (Å²) in [7, 11) is -4.57. The summed E-state index contributed by atoms with van der Waals surface area (Å²) in [6.07, 6.45) is 5.01. The first-order chi connectivity index (χ1) is 28.6. The van der Waals surface area contributed by atoms with Crippen LogP contribution in [0.4, 0.5) is 11.4 Å². The minimum Gasteiger partial charge on any atom is -0.486 e. The zero-order valence-corrected chi connectivity index (χ0v) is 35.4. The molecular weight excluding hydrogens is 806 g/mol. The molecule has 2 N–H and O–H groups in total. The van der Waals surface area contributed by atoms with Gasteiger partial charge in [0.05, 0.1) is 35.2 Å².